The highest BCUT2D eigenvalue weighted by molar-refractivity contribution is 6.42. The SMILES string of the molecule is O=C(NCc1ccc(Cl)c(Cl)c1)[C@@]1(c2ccc(Cl)c(Cl)c2)C[C@H]1CN1CCC(c2ccccc2)CC1. The van der Waals surface area contributed by atoms with Crippen LogP contribution >= 0.6 is 46.4 Å². The van der Waals surface area contributed by atoms with Crippen LogP contribution in [0.15, 0.2) is 66.7 Å². The lowest BCUT2D eigenvalue weighted by atomic mass is 9.88. The molecule has 0 bridgehead atoms. The Morgan fingerprint density at radius 3 is 2.19 bits per heavy atom. The normalized spacial score (nSPS) is 22.4. The predicted octanol–water partition coefficient (Wildman–Crippen LogP) is 7.75. The van der Waals surface area contributed by atoms with Gasteiger partial charge < -0.3 is 10.2 Å². The van der Waals surface area contributed by atoms with Gasteiger partial charge >= 0.3 is 0 Å². The van der Waals surface area contributed by atoms with Gasteiger partial charge in [0.1, 0.15) is 0 Å². The third kappa shape index (κ3) is 5.42. The summed E-state index contributed by atoms with van der Waals surface area (Å²) in [5, 5.41) is 5.08. The summed E-state index contributed by atoms with van der Waals surface area (Å²) in [6.45, 7) is 3.35. The van der Waals surface area contributed by atoms with Crippen molar-refractivity contribution in [2.45, 2.75) is 37.1 Å². The fraction of sp³-hybridized carbons (Fsp3) is 0.345. The molecule has 3 nitrogen and oxygen atoms in total. The van der Waals surface area contributed by atoms with Crippen LogP contribution in [0.2, 0.25) is 20.1 Å². The quantitative estimate of drug-likeness (QED) is 0.320. The van der Waals surface area contributed by atoms with Gasteiger partial charge in [-0.2, -0.15) is 0 Å². The van der Waals surface area contributed by atoms with E-state index >= 15 is 0 Å². The average molecular weight is 562 g/mol. The van der Waals surface area contributed by atoms with Gasteiger partial charge in [-0.15, -0.1) is 0 Å². The maximum Gasteiger partial charge on any atom is 0.231 e. The summed E-state index contributed by atoms with van der Waals surface area (Å²) in [6, 6.07) is 21.8. The molecule has 7 heteroatoms. The summed E-state index contributed by atoms with van der Waals surface area (Å²) in [6.07, 6.45) is 3.07. The summed E-state index contributed by atoms with van der Waals surface area (Å²) < 4.78 is 0. The van der Waals surface area contributed by atoms with Gasteiger partial charge in [0.05, 0.1) is 25.5 Å². The van der Waals surface area contributed by atoms with Gasteiger partial charge in [0, 0.05) is 13.1 Å². The number of hydrogen-bond acceptors (Lipinski definition) is 2. The van der Waals surface area contributed by atoms with E-state index in [9.17, 15) is 4.79 Å². The molecule has 36 heavy (non-hydrogen) atoms. The van der Waals surface area contributed by atoms with Crippen LogP contribution in [-0.2, 0) is 16.8 Å². The highest BCUT2D eigenvalue weighted by atomic mass is 35.5. The Balaban J connectivity index is 1.28. The van der Waals surface area contributed by atoms with Gasteiger partial charge in [-0.3, -0.25) is 4.79 Å². The second-order valence-electron chi connectivity index (χ2n) is 9.92. The number of likely N-dealkylation sites (tertiary alicyclic amines) is 1. The minimum absolute atomic E-state index is 0.0103. The first-order chi connectivity index (χ1) is 17.4. The Kier molecular flexibility index (Phi) is 7.86. The number of piperidine rings is 1. The van der Waals surface area contributed by atoms with Crippen LogP contribution in [0.3, 0.4) is 0 Å². The lowest BCUT2D eigenvalue weighted by molar-refractivity contribution is -0.124. The number of halogens is 4. The zero-order valence-electron chi connectivity index (χ0n) is 19.8. The lowest BCUT2D eigenvalue weighted by Crippen LogP contribution is -2.40. The molecule has 1 aliphatic carbocycles. The van der Waals surface area contributed by atoms with E-state index in [0.29, 0.717) is 32.6 Å². The van der Waals surface area contributed by atoms with Crippen LogP contribution in [0, 0.1) is 5.92 Å². The standard InChI is InChI=1S/C29H28Cl4N2O/c30-24-8-6-19(14-26(24)32)17-34-28(36)29(22-7-9-25(31)27(33)15-22)16-23(29)18-35-12-10-21(11-13-35)20-4-2-1-3-5-20/h1-9,14-15,21,23H,10-13,16-18H2,(H,34,36)/t23-,29+/m0/s1. The van der Waals surface area contributed by atoms with E-state index in [0.717, 1.165) is 50.0 Å². The van der Waals surface area contributed by atoms with Gasteiger partial charge in [0.25, 0.3) is 0 Å². The van der Waals surface area contributed by atoms with Gasteiger partial charge in [0.15, 0.2) is 0 Å². The van der Waals surface area contributed by atoms with Crippen molar-refractivity contribution in [3.8, 4) is 0 Å². The summed E-state index contributed by atoms with van der Waals surface area (Å²) in [4.78, 5) is 16.2. The van der Waals surface area contributed by atoms with Crippen molar-refractivity contribution in [2.24, 2.45) is 5.92 Å². The first-order valence-corrected chi connectivity index (χ1v) is 13.8. The smallest absolute Gasteiger partial charge is 0.231 e. The fourth-order valence-corrected chi connectivity index (χ4v) is 6.18. The van der Waals surface area contributed by atoms with Crippen molar-refractivity contribution < 1.29 is 4.79 Å². The third-order valence-corrected chi connectivity index (χ3v) is 9.20. The van der Waals surface area contributed by atoms with E-state index in [1.54, 1.807) is 18.2 Å². The first-order valence-electron chi connectivity index (χ1n) is 12.3. The van der Waals surface area contributed by atoms with E-state index in [2.05, 4.69) is 40.5 Å². The maximum atomic E-state index is 13.7. The number of carbonyl (C=O) groups is 1. The molecule has 1 saturated heterocycles. The van der Waals surface area contributed by atoms with E-state index < -0.39 is 5.41 Å². The lowest BCUT2D eigenvalue weighted by Gasteiger charge is -2.33. The molecular weight excluding hydrogens is 534 g/mol. The van der Waals surface area contributed by atoms with Crippen LogP contribution < -0.4 is 5.32 Å². The van der Waals surface area contributed by atoms with Gasteiger partial charge in [-0.25, -0.2) is 0 Å². The molecule has 0 radical (unpaired) electrons. The Labute approximate surface area is 232 Å². The number of rotatable bonds is 7. The number of hydrogen-bond donors (Lipinski definition) is 1. The minimum atomic E-state index is -0.610. The molecule has 5 rings (SSSR count). The van der Waals surface area contributed by atoms with Crippen LogP contribution in [0.4, 0.5) is 0 Å². The molecule has 1 saturated carbocycles. The molecule has 3 aromatic carbocycles. The first kappa shape index (κ1) is 25.9. The van der Waals surface area contributed by atoms with Crippen LogP contribution in [0.25, 0.3) is 0 Å². The molecule has 2 aliphatic rings. The molecule has 1 aliphatic heterocycles. The number of carbonyl (C=O) groups excluding carboxylic acids is 1. The largest absolute Gasteiger partial charge is 0.351 e. The minimum Gasteiger partial charge on any atom is -0.351 e. The molecule has 0 aromatic heterocycles. The monoisotopic (exact) mass is 560 g/mol. The Morgan fingerprint density at radius 2 is 1.53 bits per heavy atom. The van der Waals surface area contributed by atoms with Crippen molar-refractivity contribution in [2.75, 3.05) is 19.6 Å². The Bertz CT molecular complexity index is 1240. The van der Waals surface area contributed by atoms with Gasteiger partial charge in [0.2, 0.25) is 5.91 Å². The highest BCUT2D eigenvalue weighted by Gasteiger charge is 2.61. The topological polar surface area (TPSA) is 32.3 Å². The van der Waals surface area contributed by atoms with E-state index in [4.69, 9.17) is 46.4 Å². The molecule has 0 unspecified atom stereocenters. The van der Waals surface area contributed by atoms with Crippen LogP contribution in [-0.4, -0.2) is 30.4 Å². The maximum absolute atomic E-state index is 13.7. The molecule has 1 N–H and O–H groups in total. The highest BCUT2D eigenvalue weighted by Crippen LogP contribution is 2.56. The van der Waals surface area contributed by atoms with E-state index in [-0.39, 0.29) is 11.8 Å². The van der Waals surface area contributed by atoms with Crippen LogP contribution in [0.5, 0.6) is 0 Å². The van der Waals surface area contributed by atoms with Gasteiger partial charge in [-0.1, -0.05) is 88.9 Å². The third-order valence-electron chi connectivity index (χ3n) is 7.72. The zero-order valence-corrected chi connectivity index (χ0v) is 22.8. The molecule has 2 fully saturated rings. The molecule has 1 heterocycles. The molecule has 1 amide bonds. The number of amides is 1. The van der Waals surface area contributed by atoms with Crippen LogP contribution in [0.1, 0.15) is 41.9 Å². The van der Waals surface area contributed by atoms with Crippen molar-refractivity contribution in [3.63, 3.8) is 0 Å². The second kappa shape index (κ2) is 10.9. The average Bonchev–Trinajstić information content (AvgIpc) is 3.62. The van der Waals surface area contributed by atoms with E-state index in [1.807, 2.05) is 18.2 Å². The van der Waals surface area contributed by atoms with Crippen molar-refractivity contribution >= 4 is 52.3 Å². The van der Waals surface area contributed by atoms with Gasteiger partial charge in [-0.05, 0) is 85.1 Å². The number of nitrogens with zero attached hydrogens (tertiary/aromatic N) is 1. The zero-order chi connectivity index (χ0) is 25.3. The molecule has 0 spiro atoms. The Morgan fingerprint density at radius 1 is 0.861 bits per heavy atom. The Hall–Kier alpha value is -1.75. The number of benzene rings is 3. The molecule has 2 atom stereocenters. The number of nitrogens with one attached hydrogen (secondary N) is 1. The molecule has 188 valence electrons. The van der Waals surface area contributed by atoms with Crippen molar-refractivity contribution in [1.82, 2.24) is 10.2 Å². The fourth-order valence-electron chi connectivity index (χ4n) is 5.56. The predicted molar refractivity (Wildman–Crippen MR) is 149 cm³/mol. The summed E-state index contributed by atoms with van der Waals surface area (Å²) >= 11 is 24.8. The summed E-state index contributed by atoms with van der Waals surface area (Å²) in [5.74, 6) is 0.837. The molecule has 3 aromatic rings. The second-order valence-corrected chi connectivity index (χ2v) is 11.5. The van der Waals surface area contributed by atoms with E-state index in [1.165, 1.54) is 5.56 Å². The molecular formula is C29H28Cl4N2O. The van der Waals surface area contributed by atoms with Crippen molar-refractivity contribution in [1.29, 1.82) is 0 Å². The summed E-state index contributed by atoms with van der Waals surface area (Å²) in [7, 11) is 0. The summed E-state index contributed by atoms with van der Waals surface area (Å²) in [5.41, 5.74) is 2.64. The van der Waals surface area contributed by atoms with Crippen molar-refractivity contribution in [3.05, 3.63) is 104 Å².